The highest BCUT2D eigenvalue weighted by Crippen LogP contribution is 2.21. The number of nitrogens with zero attached hydrogens (tertiary/aromatic N) is 1. The third-order valence-corrected chi connectivity index (χ3v) is 3.80. The summed E-state index contributed by atoms with van der Waals surface area (Å²) in [5.41, 5.74) is 0. The van der Waals surface area contributed by atoms with Crippen molar-refractivity contribution in [2.24, 2.45) is 0 Å². The maximum atomic E-state index is 5.44. The lowest BCUT2D eigenvalue weighted by Gasteiger charge is -2.41. The highest BCUT2D eigenvalue weighted by Gasteiger charge is 2.27. The zero-order valence-electron chi connectivity index (χ0n) is 9.87. The van der Waals surface area contributed by atoms with Gasteiger partial charge in [0, 0.05) is 25.3 Å². The van der Waals surface area contributed by atoms with Crippen LogP contribution in [0.15, 0.2) is 0 Å². The van der Waals surface area contributed by atoms with Gasteiger partial charge in [0.1, 0.15) is 0 Å². The fourth-order valence-corrected chi connectivity index (χ4v) is 2.97. The quantitative estimate of drug-likeness (QED) is 0.762. The molecule has 0 atom stereocenters. The number of ether oxygens (including phenoxy) is 1. The first-order chi connectivity index (χ1) is 7.42. The molecule has 0 spiro atoms. The van der Waals surface area contributed by atoms with Crippen LogP contribution in [-0.2, 0) is 4.74 Å². The Labute approximate surface area is 93.2 Å². The Bertz CT molecular complexity index is 156. The van der Waals surface area contributed by atoms with Crippen molar-refractivity contribution in [1.29, 1.82) is 0 Å². The molecule has 88 valence electrons. The summed E-state index contributed by atoms with van der Waals surface area (Å²) in [7, 11) is 0. The number of hydrogen-bond donors (Lipinski definition) is 1. The van der Waals surface area contributed by atoms with Gasteiger partial charge in [-0.05, 0) is 45.3 Å². The van der Waals surface area contributed by atoms with E-state index in [2.05, 4.69) is 17.1 Å². The molecule has 2 rings (SSSR count). The molecule has 3 nitrogen and oxygen atoms in total. The summed E-state index contributed by atoms with van der Waals surface area (Å²) in [4.78, 5) is 2.73. The molecule has 0 aliphatic carbocycles. The van der Waals surface area contributed by atoms with Gasteiger partial charge in [0.25, 0.3) is 0 Å². The molecule has 0 aromatic carbocycles. The molecule has 0 aromatic rings. The van der Waals surface area contributed by atoms with Gasteiger partial charge in [0.05, 0.1) is 0 Å². The average molecular weight is 212 g/mol. The molecule has 0 radical (unpaired) electrons. The van der Waals surface area contributed by atoms with Gasteiger partial charge in [-0.1, -0.05) is 6.92 Å². The molecule has 1 N–H and O–H groups in total. The van der Waals surface area contributed by atoms with Gasteiger partial charge in [-0.3, -0.25) is 4.90 Å². The largest absolute Gasteiger partial charge is 0.381 e. The Morgan fingerprint density at radius 1 is 1.07 bits per heavy atom. The summed E-state index contributed by atoms with van der Waals surface area (Å²) in [5, 5.41) is 3.45. The van der Waals surface area contributed by atoms with Gasteiger partial charge >= 0.3 is 0 Å². The van der Waals surface area contributed by atoms with E-state index in [-0.39, 0.29) is 0 Å². The van der Waals surface area contributed by atoms with E-state index in [4.69, 9.17) is 4.74 Å². The Balaban J connectivity index is 1.88. The first kappa shape index (κ1) is 11.4. The zero-order chi connectivity index (χ0) is 10.5. The van der Waals surface area contributed by atoms with Crippen LogP contribution >= 0.6 is 0 Å². The first-order valence-corrected chi connectivity index (χ1v) is 6.46. The minimum absolute atomic E-state index is 0.784. The van der Waals surface area contributed by atoms with E-state index in [1.54, 1.807) is 0 Å². The van der Waals surface area contributed by atoms with Crippen LogP contribution in [0.3, 0.4) is 0 Å². The molecule has 15 heavy (non-hydrogen) atoms. The van der Waals surface area contributed by atoms with E-state index < -0.39 is 0 Å². The predicted octanol–water partition coefficient (Wildman–Crippen LogP) is 1.24. The molecule has 0 saturated carbocycles. The highest BCUT2D eigenvalue weighted by molar-refractivity contribution is 4.83. The smallest absolute Gasteiger partial charge is 0.0480 e. The van der Waals surface area contributed by atoms with Crippen LogP contribution in [0.5, 0.6) is 0 Å². The average Bonchev–Trinajstić information content (AvgIpc) is 2.33. The van der Waals surface area contributed by atoms with Crippen molar-refractivity contribution >= 4 is 0 Å². The van der Waals surface area contributed by atoms with E-state index >= 15 is 0 Å². The molecule has 2 heterocycles. The number of hydrogen-bond acceptors (Lipinski definition) is 3. The van der Waals surface area contributed by atoms with Crippen molar-refractivity contribution < 1.29 is 4.74 Å². The van der Waals surface area contributed by atoms with Gasteiger partial charge in [0.2, 0.25) is 0 Å². The van der Waals surface area contributed by atoms with Crippen molar-refractivity contribution in [3.63, 3.8) is 0 Å². The first-order valence-electron chi connectivity index (χ1n) is 6.46. The van der Waals surface area contributed by atoms with Crippen molar-refractivity contribution in [2.45, 2.75) is 44.7 Å². The summed E-state index contributed by atoms with van der Waals surface area (Å²) in [6.07, 6.45) is 5.12. The maximum Gasteiger partial charge on any atom is 0.0480 e. The van der Waals surface area contributed by atoms with Crippen LogP contribution in [0.1, 0.15) is 32.6 Å². The second kappa shape index (κ2) is 5.83. The van der Waals surface area contributed by atoms with Gasteiger partial charge in [-0.15, -0.1) is 0 Å². The van der Waals surface area contributed by atoms with Crippen LogP contribution in [0.2, 0.25) is 0 Å². The molecule has 2 aliphatic rings. The van der Waals surface area contributed by atoms with Crippen LogP contribution < -0.4 is 5.32 Å². The number of piperidine rings is 1. The zero-order valence-corrected chi connectivity index (χ0v) is 9.87. The van der Waals surface area contributed by atoms with E-state index in [9.17, 15) is 0 Å². The molecule has 0 unspecified atom stereocenters. The van der Waals surface area contributed by atoms with E-state index in [1.807, 2.05) is 0 Å². The van der Waals surface area contributed by atoms with Crippen molar-refractivity contribution in [2.75, 3.05) is 32.8 Å². The number of rotatable bonds is 3. The standard InChI is InChI=1S/C12H24N2O/c1-2-14(11-3-7-13-8-4-11)12-5-9-15-10-6-12/h11-13H,2-10H2,1H3. The Kier molecular flexibility index (Phi) is 4.42. The van der Waals surface area contributed by atoms with Crippen LogP contribution in [-0.4, -0.2) is 49.8 Å². The molecule has 2 aliphatic heterocycles. The lowest BCUT2D eigenvalue weighted by Crippen LogP contribution is -2.49. The molecular weight excluding hydrogens is 188 g/mol. The summed E-state index contributed by atoms with van der Waals surface area (Å²) in [6, 6.07) is 1.60. The Morgan fingerprint density at radius 2 is 1.67 bits per heavy atom. The van der Waals surface area contributed by atoms with E-state index in [0.717, 1.165) is 25.3 Å². The molecular formula is C12H24N2O. The van der Waals surface area contributed by atoms with Gasteiger partial charge < -0.3 is 10.1 Å². The van der Waals surface area contributed by atoms with Crippen LogP contribution in [0.25, 0.3) is 0 Å². The molecule has 0 amide bonds. The van der Waals surface area contributed by atoms with E-state index in [0.29, 0.717) is 0 Å². The van der Waals surface area contributed by atoms with Crippen molar-refractivity contribution in [1.82, 2.24) is 10.2 Å². The second-order valence-corrected chi connectivity index (χ2v) is 4.66. The fraction of sp³-hybridized carbons (Fsp3) is 1.00. The summed E-state index contributed by atoms with van der Waals surface area (Å²) in [5.74, 6) is 0. The molecule has 2 fully saturated rings. The fourth-order valence-electron chi connectivity index (χ4n) is 2.97. The van der Waals surface area contributed by atoms with Crippen molar-refractivity contribution in [3.8, 4) is 0 Å². The summed E-state index contributed by atoms with van der Waals surface area (Å²) < 4.78 is 5.44. The third-order valence-electron chi connectivity index (χ3n) is 3.80. The minimum Gasteiger partial charge on any atom is -0.381 e. The lowest BCUT2D eigenvalue weighted by molar-refractivity contribution is 0.0132. The lowest BCUT2D eigenvalue weighted by atomic mass is 9.99. The normalized spacial score (nSPS) is 26.0. The molecule has 3 heteroatoms. The monoisotopic (exact) mass is 212 g/mol. The van der Waals surface area contributed by atoms with Gasteiger partial charge in [-0.25, -0.2) is 0 Å². The minimum atomic E-state index is 0.784. The second-order valence-electron chi connectivity index (χ2n) is 4.66. The molecule has 0 bridgehead atoms. The highest BCUT2D eigenvalue weighted by atomic mass is 16.5. The number of nitrogens with one attached hydrogen (secondary N) is 1. The third kappa shape index (κ3) is 2.92. The van der Waals surface area contributed by atoms with Crippen LogP contribution in [0.4, 0.5) is 0 Å². The van der Waals surface area contributed by atoms with Crippen molar-refractivity contribution in [3.05, 3.63) is 0 Å². The topological polar surface area (TPSA) is 24.5 Å². The Hall–Kier alpha value is -0.120. The summed E-state index contributed by atoms with van der Waals surface area (Å²) in [6.45, 7) is 7.83. The van der Waals surface area contributed by atoms with E-state index in [1.165, 1.54) is 45.3 Å². The van der Waals surface area contributed by atoms with Gasteiger partial charge in [0.15, 0.2) is 0 Å². The maximum absolute atomic E-state index is 5.44. The Morgan fingerprint density at radius 3 is 2.27 bits per heavy atom. The predicted molar refractivity (Wildman–Crippen MR) is 62.1 cm³/mol. The van der Waals surface area contributed by atoms with Gasteiger partial charge in [-0.2, -0.15) is 0 Å². The molecule has 0 aromatic heterocycles. The summed E-state index contributed by atoms with van der Waals surface area (Å²) >= 11 is 0. The SMILES string of the molecule is CCN(C1CCNCC1)C1CCOCC1. The molecule has 2 saturated heterocycles. The van der Waals surface area contributed by atoms with Crippen LogP contribution in [0, 0.1) is 0 Å².